The van der Waals surface area contributed by atoms with Gasteiger partial charge in [0.2, 0.25) is 0 Å². The molecule has 1 aromatic heterocycles. The van der Waals surface area contributed by atoms with Crippen LogP contribution in [0.2, 0.25) is 4.34 Å². The highest BCUT2D eigenvalue weighted by atomic mass is 35.5. The molecule has 102 valence electrons. The van der Waals surface area contributed by atoms with E-state index >= 15 is 0 Å². The average Bonchev–Trinajstić information content (AvgIpc) is 2.78. The number of hydrogen-bond acceptors (Lipinski definition) is 2. The van der Waals surface area contributed by atoms with Crippen LogP contribution in [0.1, 0.15) is 21.6 Å². The van der Waals surface area contributed by atoms with Gasteiger partial charge >= 0.3 is 0 Å². The van der Waals surface area contributed by atoms with Gasteiger partial charge in [0.25, 0.3) is 0 Å². The number of halogens is 1. The van der Waals surface area contributed by atoms with Crippen molar-refractivity contribution in [3.63, 3.8) is 0 Å². The van der Waals surface area contributed by atoms with E-state index in [9.17, 15) is 0 Å². The zero-order valence-electron chi connectivity index (χ0n) is 11.7. The van der Waals surface area contributed by atoms with E-state index in [0.29, 0.717) is 6.04 Å². The normalized spacial score (nSPS) is 12.6. The minimum absolute atomic E-state index is 0.454. The largest absolute Gasteiger partial charge is 0.316 e. The number of aryl methyl sites for hydroxylation is 2. The van der Waals surface area contributed by atoms with Crippen molar-refractivity contribution in [1.29, 1.82) is 0 Å². The number of benzene rings is 1. The smallest absolute Gasteiger partial charge is 0.0931 e. The zero-order chi connectivity index (χ0) is 13.8. The molecule has 0 saturated carbocycles. The molecule has 0 amide bonds. The van der Waals surface area contributed by atoms with Gasteiger partial charge < -0.3 is 5.32 Å². The second kappa shape index (κ2) is 6.56. The Balaban J connectivity index is 2.08. The summed E-state index contributed by atoms with van der Waals surface area (Å²) in [6.45, 7) is 4.33. The maximum Gasteiger partial charge on any atom is 0.0931 e. The van der Waals surface area contributed by atoms with Crippen molar-refractivity contribution < 1.29 is 0 Å². The number of likely N-dealkylation sites (N-methyl/N-ethyl adjacent to an activating group) is 1. The van der Waals surface area contributed by atoms with Crippen LogP contribution >= 0.6 is 22.9 Å². The minimum atomic E-state index is 0.454. The Kier molecular flexibility index (Phi) is 5.03. The molecule has 1 heterocycles. The minimum Gasteiger partial charge on any atom is -0.316 e. The number of hydrogen-bond donors (Lipinski definition) is 1. The van der Waals surface area contributed by atoms with Gasteiger partial charge in [-0.25, -0.2) is 0 Å². The van der Waals surface area contributed by atoms with Gasteiger partial charge in [-0.15, -0.1) is 11.3 Å². The lowest BCUT2D eigenvalue weighted by Gasteiger charge is -2.17. The van der Waals surface area contributed by atoms with Crippen molar-refractivity contribution in [1.82, 2.24) is 5.32 Å². The third-order valence-electron chi connectivity index (χ3n) is 3.46. The van der Waals surface area contributed by atoms with Crippen molar-refractivity contribution in [3.05, 3.63) is 56.2 Å². The molecule has 1 nitrogen and oxygen atoms in total. The van der Waals surface area contributed by atoms with E-state index in [1.54, 1.807) is 11.3 Å². The summed E-state index contributed by atoms with van der Waals surface area (Å²) in [7, 11) is 2.03. The fourth-order valence-electron chi connectivity index (χ4n) is 2.27. The van der Waals surface area contributed by atoms with E-state index in [4.69, 9.17) is 11.6 Å². The van der Waals surface area contributed by atoms with E-state index in [2.05, 4.69) is 43.4 Å². The van der Waals surface area contributed by atoms with Gasteiger partial charge in [-0.05, 0) is 57.0 Å². The summed E-state index contributed by atoms with van der Waals surface area (Å²) in [5.74, 6) is 0. The summed E-state index contributed by atoms with van der Waals surface area (Å²) in [5.41, 5.74) is 4.13. The van der Waals surface area contributed by atoms with Crippen molar-refractivity contribution in [3.8, 4) is 0 Å². The number of nitrogens with one attached hydrogen (secondary N) is 1. The van der Waals surface area contributed by atoms with Crippen molar-refractivity contribution in [2.24, 2.45) is 0 Å². The van der Waals surface area contributed by atoms with Crippen LogP contribution in [-0.4, -0.2) is 13.1 Å². The average molecular weight is 294 g/mol. The lowest BCUT2D eigenvalue weighted by atomic mass is 9.97. The first-order valence-electron chi connectivity index (χ1n) is 6.56. The van der Waals surface area contributed by atoms with Gasteiger partial charge in [-0.1, -0.05) is 35.4 Å². The fourth-order valence-corrected chi connectivity index (χ4v) is 3.43. The molecule has 0 aliphatic carbocycles. The van der Waals surface area contributed by atoms with Gasteiger partial charge in [-0.2, -0.15) is 0 Å². The maximum absolute atomic E-state index is 5.99. The molecular formula is C16H20ClNS. The molecular weight excluding hydrogens is 274 g/mol. The van der Waals surface area contributed by atoms with E-state index in [-0.39, 0.29) is 0 Å². The third-order valence-corrected chi connectivity index (χ3v) is 4.71. The first kappa shape index (κ1) is 14.6. The van der Waals surface area contributed by atoms with Crippen LogP contribution < -0.4 is 5.32 Å². The van der Waals surface area contributed by atoms with E-state index in [1.165, 1.54) is 21.6 Å². The van der Waals surface area contributed by atoms with Crippen LogP contribution in [0.25, 0.3) is 0 Å². The van der Waals surface area contributed by atoms with Crippen LogP contribution in [0.5, 0.6) is 0 Å². The van der Waals surface area contributed by atoms with Crippen LogP contribution in [-0.2, 0) is 12.8 Å². The molecule has 0 aliphatic rings. The van der Waals surface area contributed by atoms with Gasteiger partial charge in [-0.3, -0.25) is 0 Å². The third kappa shape index (κ3) is 4.07. The van der Waals surface area contributed by atoms with Crippen molar-refractivity contribution >= 4 is 22.9 Å². The van der Waals surface area contributed by atoms with E-state index in [0.717, 1.165) is 17.2 Å². The lowest BCUT2D eigenvalue weighted by molar-refractivity contribution is 0.559. The highest BCUT2D eigenvalue weighted by molar-refractivity contribution is 7.16. The standard InChI is InChI=1S/C16H20ClNS/c1-11-4-5-12(2)13(8-11)9-14(18-3)10-15-6-7-16(17)19-15/h4-8,14,18H,9-10H2,1-3H3. The van der Waals surface area contributed by atoms with Gasteiger partial charge in [0.15, 0.2) is 0 Å². The summed E-state index contributed by atoms with van der Waals surface area (Å²) < 4.78 is 0.872. The quantitative estimate of drug-likeness (QED) is 0.862. The molecule has 1 unspecified atom stereocenters. The molecule has 1 aromatic carbocycles. The first-order valence-corrected chi connectivity index (χ1v) is 7.75. The second-order valence-corrected chi connectivity index (χ2v) is 6.83. The Morgan fingerprint density at radius 2 is 1.95 bits per heavy atom. The van der Waals surface area contributed by atoms with Gasteiger partial charge in [0.05, 0.1) is 4.34 Å². The number of thiophene rings is 1. The molecule has 0 bridgehead atoms. The number of rotatable bonds is 5. The van der Waals surface area contributed by atoms with Crippen LogP contribution in [0, 0.1) is 13.8 Å². The molecule has 0 fully saturated rings. The molecule has 2 aromatic rings. The lowest BCUT2D eigenvalue weighted by Crippen LogP contribution is -2.29. The maximum atomic E-state index is 5.99. The topological polar surface area (TPSA) is 12.0 Å². The zero-order valence-corrected chi connectivity index (χ0v) is 13.2. The molecule has 2 rings (SSSR count). The van der Waals surface area contributed by atoms with E-state index in [1.807, 2.05) is 13.1 Å². The molecule has 1 atom stereocenters. The molecule has 1 N–H and O–H groups in total. The van der Waals surface area contributed by atoms with Crippen molar-refractivity contribution in [2.45, 2.75) is 32.7 Å². The van der Waals surface area contributed by atoms with Crippen LogP contribution in [0.3, 0.4) is 0 Å². The Bertz CT molecular complexity index is 547. The first-order chi connectivity index (χ1) is 9.08. The van der Waals surface area contributed by atoms with Crippen LogP contribution in [0.4, 0.5) is 0 Å². The summed E-state index contributed by atoms with van der Waals surface area (Å²) >= 11 is 7.67. The predicted molar refractivity (Wildman–Crippen MR) is 85.5 cm³/mol. The fraction of sp³-hybridized carbons (Fsp3) is 0.375. The Morgan fingerprint density at radius 1 is 1.16 bits per heavy atom. The molecule has 19 heavy (non-hydrogen) atoms. The highest BCUT2D eigenvalue weighted by Crippen LogP contribution is 2.23. The Morgan fingerprint density at radius 3 is 2.58 bits per heavy atom. The molecule has 0 saturated heterocycles. The summed E-state index contributed by atoms with van der Waals surface area (Å²) in [6.07, 6.45) is 2.08. The SMILES string of the molecule is CNC(Cc1ccc(Cl)s1)Cc1cc(C)ccc1C. The molecule has 0 radical (unpaired) electrons. The Hall–Kier alpha value is -0.830. The molecule has 3 heteroatoms. The monoisotopic (exact) mass is 293 g/mol. The summed E-state index contributed by atoms with van der Waals surface area (Å²) in [4.78, 5) is 1.34. The Labute approximate surface area is 124 Å². The van der Waals surface area contributed by atoms with Gasteiger partial charge in [0, 0.05) is 10.9 Å². The molecule has 0 spiro atoms. The summed E-state index contributed by atoms with van der Waals surface area (Å²) in [5, 5.41) is 3.42. The van der Waals surface area contributed by atoms with Crippen LogP contribution in [0.15, 0.2) is 30.3 Å². The van der Waals surface area contributed by atoms with Crippen molar-refractivity contribution in [2.75, 3.05) is 7.05 Å². The predicted octanol–water partition coefficient (Wildman–Crippen LogP) is 4.39. The van der Waals surface area contributed by atoms with E-state index < -0.39 is 0 Å². The highest BCUT2D eigenvalue weighted by Gasteiger charge is 2.11. The van der Waals surface area contributed by atoms with Gasteiger partial charge in [0.1, 0.15) is 0 Å². The second-order valence-electron chi connectivity index (χ2n) is 5.03. The summed E-state index contributed by atoms with van der Waals surface area (Å²) in [6, 6.07) is 11.2. The molecule has 0 aliphatic heterocycles.